The van der Waals surface area contributed by atoms with Gasteiger partial charge in [0.2, 0.25) is 0 Å². The molecule has 2 aliphatic rings. The van der Waals surface area contributed by atoms with Crippen LogP contribution in [0, 0.1) is 0 Å². The number of amides is 1. The second-order valence-electron chi connectivity index (χ2n) is 7.73. The van der Waals surface area contributed by atoms with Crippen molar-refractivity contribution in [1.29, 1.82) is 0 Å². The number of rotatable bonds is 4. The SMILES string of the molecule is O=C(NN1CCc2ccccc21)C1=NN(c2ccc(Cl)cc2Cl)[C@H](c2ccc(Cl)cc2)C1. The molecule has 162 valence electrons. The topological polar surface area (TPSA) is 47.9 Å². The maximum absolute atomic E-state index is 13.2. The molecule has 0 aliphatic carbocycles. The first-order valence-corrected chi connectivity index (χ1v) is 11.4. The molecule has 1 N–H and O–H groups in total. The van der Waals surface area contributed by atoms with Gasteiger partial charge in [0.1, 0.15) is 5.71 Å². The summed E-state index contributed by atoms with van der Waals surface area (Å²) in [6.07, 6.45) is 1.32. The van der Waals surface area contributed by atoms with Crippen LogP contribution in [0.15, 0.2) is 71.8 Å². The molecule has 0 bridgehead atoms. The Balaban J connectivity index is 1.44. The van der Waals surface area contributed by atoms with E-state index >= 15 is 0 Å². The van der Waals surface area contributed by atoms with E-state index in [2.05, 4.69) is 16.6 Å². The Kier molecular flexibility index (Phi) is 5.72. The summed E-state index contributed by atoms with van der Waals surface area (Å²) in [5.74, 6) is -0.228. The molecular formula is C24H19Cl3N4O. The minimum absolute atomic E-state index is 0.197. The maximum Gasteiger partial charge on any atom is 0.286 e. The minimum atomic E-state index is -0.228. The molecule has 0 unspecified atom stereocenters. The lowest BCUT2D eigenvalue weighted by Crippen LogP contribution is -2.44. The van der Waals surface area contributed by atoms with E-state index in [9.17, 15) is 4.79 Å². The molecule has 3 aromatic rings. The van der Waals surface area contributed by atoms with E-state index in [4.69, 9.17) is 34.8 Å². The molecule has 0 aromatic heterocycles. The van der Waals surface area contributed by atoms with Crippen molar-refractivity contribution in [3.8, 4) is 0 Å². The zero-order valence-electron chi connectivity index (χ0n) is 16.9. The standard InChI is InChI=1S/C24H19Cl3N4O/c25-17-7-5-16(6-8-17)23-14-20(28-31(23)22-10-9-18(26)13-19(22)27)24(32)29-30-12-11-15-3-1-2-4-21(15)30/h1-10,13,23H,11-12,14H2,(H,29,32)/t23-/m0/s1. The lowest BCUT2D eigenvalue weighted by molar-refractivity contribution is -0.115. The lowest BCUT2D eigenvalue weighted by Gasteiger charge is -2.25. The molecule has 0 fully saturated rings. The van der Waals surface area contributed by atoms with Crippen molar-refractivity contribution < 1.29 is 4.79 Å². The Morgan fingerprint density at radius 1 is 0.938 bits per heavy atom. The lowest BCUT2D eigenvalue weighted by atomic mass is 10.0. The van der Waals surface area contributed by atoms with Crippen LogP contribution in [0.1, 0.15) is 23.6 Å². The van der Waals surface area contributed by atoms with Gasteiger partial charge in [-0.3, -0.25) is 20.2 Å². The normalized spacial score (nSPS) is 17.3. The first kappa shape index (κ1) is 21.1. The summed E-state index contributed by atoms with van der Waals surface area (Å²) < 4.78 is 0. The van der Waals surface area contributed by atoms with Gasteiger partial charge >= 0.3 is 0 Å². The van der Waals surface area contributed by atoms with Gasteiger partial charge in [0.05, 0.1) is 22.4 Å². The highest BCUT2D eigenvalue weighted by molar-refractivity contribution is 6.40. The molecule has 0 saturated carbocycles. The van der Waals surface area contributed by atoms with Crippen molar-refractivity contribution in [2.24, 2.45) is 5.10 Å². The number of halogens is 3. The number of carbonyl (C=O) groups excluding carboxylic acids is 1. The monoisotopic (exact) mass is 484 g/mol. The van der Waals surface area contributed by atoms with Gasteiger partial charge in [0.15, 0.2) is 0 Å². The fraction of sp³-hybridized carbons (Fsp3) is 0.167. The summed E-state index contributed by atoms with van der Waals surface area (Å²) >= 11 is 18.7. The molecule has 5 nitrogen and oxygen atoms in total. The molecule has 2 heterocycles. The third kappa shape index (κ3) is 4.04. The number of carbonyl (C=O) groups is 1. The fourth-order valence-corrected chi connectivity index (χ4v) is 4.74. The van der Waals surface area contributed by atoms with E-state index in [1.165, 1.54) is 5.56 Å². The minimum Gasteiger partial charge on any atom is -0.285 e. The van der Waals surface area contributed by atoms with Crippen LogP contribution in [-0.2, 0) is 11.2 Å². The summed E-state index contributed by atoms with van der Waals surface area (Å²) in [7, 11) is 0. The number of anilines is 2. The Bertz CT molecular complexity index is 1210. The van der Waals surface area contributed by atoms with Crippen LogP contribution < -0.4 is 15.4 Å². The van der Waals surface area contributed by atoms with Gasteiger partial charge in [-0.1, -0.05) is 65.1 Å². The van der Waals surface area contributed by atoms with E-state index in [0.717, 1.165) is 24.2 Å². The third-order valence-corrected chi connectivity index (χ3v) is 6.50. The van der Waals surface area contributed by atoms with E-state index in [1.54, 1.807) is 17.1 Å². The number of hydrogen-bond acceptors (Lipinski definition) is 4. The van der Waals surface area contributed by atoms with Gasteiger partial charge in [0.25, 0.3) is 5.91 Å². The van der Waals surface area contributed by atoms with Crippen LogP contribution in [0.25, 0.3) is 0 Å². The highest BCUT2D eigenvalue weighted by atomic mass is 35.5. The van der Waals surface area contributed by atoms with Crippen molar-refractivity contribution >= 4 is 57.8 Å². The smallest absolute Gasteiger partial charge is 0.285 e. The van der Waals surface area contributed by atoms with Gasteiger partial charge in [0, 0.05) is 23.0 Å². The second-order valence-corrected chi connectivity index (χ2v) is 9.01. The number of hydrogen-bond donors (Lipinski definition) is 1. The number of hydrazone groups is 1. The fourth-order valence-electron chi connectivity index (χ4n) is 4.12. The van der Waals surface area contributed by atoms with Crippen LogP contribution >= 0.6 is 34.8 Å². The zero-order chi connectivity index (χ0) is 22.2. The maximum atomic E-state index is 13.2. The summed E-state index contributed by atoms with van der Waals surface area (Å²) in [5.41, 5.74) is 7.35. The molecule has 32 heavy (non-hydrogen) atoms. The van der Waals surface area contributed by atoms with Gasteiger partial charge in [-0.2, -0.15) is 5.10 Å². The molecule has 1 atom stereocenters. The van der Waals surface area contributed by atoms with Crippen LogP contribution in [0.2, 0.25) is 15.1 Å². The van der Waals surface area contributed by atoms with Crippen LogP contribution in [-0.4, -0.2) is 18.2 Å². The summed E-state index contributed by atoms with van der Waals surface area (Å²) in [6.45, 7) is 0.728. The molecule has 5 rings (SSSR count). The Morgan fingerprint density at radius 2 is 1.69 bits per heavy atom. The molecule has 3 aromatic carbocycles. The van der Waals surface area contributed by atoms with Crippen LogP contribution in [0.5, 0.6) is 0 Å². The summed E-state index contributed by atoms with van der Waals surface area (Å²) in [6, 6.07) is 20.7. The number of fused-ring (bicyclic) bond motifs is 1. The number of nitrogens with zero attached hydrogens (tertiary/aromatic N) is 3. The number of para-hydroxylation sites is 1. The zero-order valence-corrected chi connectivity index (χ0v) is 19.2. The van der Waals surface area contributed by atoms with E-state index in [1.807, 2.05) is 53.5 Å². The molecule has 0 radical (unpaired) electrons. The van der Waals surface area contributed by atoms with E-state index in [0.29, 0.717) is 32.9 Å². The van der Waals surface area contributed by atoms with Crippen molar-refractivity contribution in [3.63, 3.8) is 0 Å². The van der Waals surface area contributed by atoms with Gasteiger partial charge < -0.3 is 0 Å². The Morgan fingerprint density at radius 3 is 2.47 bits per heavy atom. The molecule has 1 amide bonds. The summed E-state index contributed by atoms with van der Waals surface area (Å²) in [5, 5.41) is 10.0. The van der Waals surface area contributed by atoms with Crippen molar-refractivity contribution in [3.05, 3.63) is 92.9 Å². The molecular weight excluding hydrogens is 467 g/mol. The Hall–Kier alpha value is -2.73. The van der Waals surface area contributed by atoms with Crippen molar-refractivity contribution in [2.45, 2.75) is 18.9 Å². The first-order valence-electron chi connectivity index (χ1n) is 10.2. The quantitative estimate of drug-likeness (QED) is 0.489. The Labute approximate surface area is 201 Å². The summed E-state index contributed by atoms with van der Waals surface area (Å²) in [4.78, 5) is 13.2. The van der Waals surface area contributed by atoms with Crippen LogP contribution in [0.3, 0.4) is 0 Å². The number of benzene rings is 3. The second kappa shape index (κ2) is 8.66. The highest BCUT2D eigenvalue weighted by Crippen LogP contribution is 2.40. The highest BCUT2D eigenvalue weighted by Gasteiger charge is 2.34. The van der Waals surface area contributed by atoms with E-state index < -0.39 is 0 Å². The number of hydrazine groups is 1. The average Bonchev–Trinajstić information content (AvgIpc) is 3.39. The molecule has 8 heteroatoms. The molecule has 0 spiro atoms. The molecule has 2 aliphatic heterocycles. The average molecular weight is 486 g/mol. The first-order chi connectivity index (χ1) is 15.5. The van der Waals surface area contributed by atoms with Crippen LogP contribution in [0.4, 0.5) is 11.4 Å². The molecule has 0 saturated heterocycles. The predicted molar refractivity (Wildman–Crippen MR) is 131 cm³/mol. The third-order valence-electron chi connectivity index (χ3n) is 5.71. The van der Waals surface area contributed by atoms with Crippen molar-refractivity contribution in [2.75, 3.05) is 16.6 Å². The number of nitrogens with one attached hydrogen (secondary N) is 1. The largest absolute Gasteiger partial charge is 0.286 e. The van der Waals surface area contributed by atoms with Crippen molar-refractivity contribution in [1.82, 2.24) is 5.43 Å². The van der Waals surface area contributed by atoms with Gasteiger partial charge in [-0.05, 0) is 53.9 Å². The van der Waals surface area contributed by atoms with Gasteiger partial charge in [-0.15, -0.1) is 0 Å². The van der Waals surface area contributed by atoms with E-state index in [-0.39, 0.29) is 11.9 Å². The predicted octanol–water partition coefficient (Wildman–Crippen LogP) is 6.05. The van der Waals surface area contributed by atoms with Gasteiger partial charge in [-0.25, -0.2) is 0 Å².